The minimum atomic E-state index is -0.335. The van der Waals surface area contributed by atoms with Crippen molar-refractivity contribution in [3.05, 3.63) is 70.5 Å². The first-order valence-corrected chi connectivity index (χ1v) is 11.2. The van der Waals surface area contributed by atoms with Gasteiger partial charge in [0.15, 0.2) is 11.0 Å². The Morgan fingerprint density at radius 2 is 1.90 bits per heavy atom. The molecular weight excluding hydrogens is 434 g/mol. The van der Waals surface area contributed by atoms with Gasteiger partial charge in [0.2, 0.25) is 5.91 Å². The van der Waals surface area contributed by atoms with E-state index in [0.717, 1.165) is 5.56 Å². The lowest BCUT2D eigenvalue weighted by atomic mass is 10.1. The second kappa shape index (κ2) is 10.5. The summed E-state index contributed by atoms with van der Waals surface area (Å²) in [6.45, 7) is 6.40. The Bertz CT molecular complexity index is 1070. The molecule has 1 aromatic heterocycles. The second-order valence-corrected chi connectivity index (χ2v) is 8.37. The first kappa shape index (κ1) is 22.8. The maximum absolute atomic E-state index is 12.6. The monoisotopic (exact) mass is 457 g/mol. The van der Waals surface area contributed by atoms with Gasteiger partial charge in [-0.2, -0.15) is 0 Å². The number of carbonyl (C=O) groups is 2. The number of halogens is 1. The maximum Gasteiger partial charge on any atom is 0.251 e. The second-order valence-electron chi connectivity index (χ2n) is 6.99. The van der Waals surface area contributed by atoms with E-state index in [2.05, 4.69) is 20.8 Å². The number of aryl methyl sites for hydroxylation is 1. The van der Waals surface area contributed by atoms with Crippen LogP contribution >= 0.6 is 23.4 Å². The molecule has 2 amide bonds. The first-order valence-electron chi connectivity index (χ1n) is 9.86. The van der Waals surface area contributed by atoms with Crippen LogP contribution in [0.25, 0.3) is 0 Å². The summed E-state index contributed by atoms with van der Waals surface area (Å²) >= 11 is 7.16. The van der Waals surface area contributed by atoms with Crippen LogP contribution in [0.1, 0.15) is 41.6 Å². The zero-order valence-electron chi connectivity index (χ0n) is 17.6. The molecule has 0 saturated heterocycles. The molecule has 0 fully saturated rings. The number of amides is 2. The van der Waals surface area contributed by atoms with Gasteiger partial charge in [-0.25, -0.2) is 0 Å². The summed E-state index contributed by atoms with van der Waals surface area (Å²) in [5.74, 6) is 0.507. The van der Waals surface area contributed by atoms with Crippen LogP contribution in [0.2, 0.25) is 5.02 Å². The van der Waals surface area contributed by atoms with Gasteiger partial charge in [0.25, 0.3) is 5.91 Å². The van der Waals surface area contributed by atoms with Crippen molar-refractivity contribution in [1.82, 2.24) is 20.1 Å². The molecule has 3 aromatic rings. The Morgan fingerprint density at radius 1 is 1.16 bits per heavy atom. The fourth-order valence-electron chi connectivity index (χ4n) is 3.02. The number of aromatic nitrogens is 3. The van der Waals surface area contributed by atoms with E-state index in [4.69, 9.17) is 11.6 Å². The molecule has 1 atom stereocenters. The number of carbonyl (C=O) groups excluding carboxylic acids is 2. The fourth-order valence-corrected chi connectivity index (χ4v) is 3.95. The van der Waals surface area contributed by atoms with E-state index in [9.17, 15) is 9.59 Å². The van der Waals surface area contributed by atoms with Crippen molar-refractivity contribution >= 4 is 40.9 Å². The quantitative estimate of drug-likeness (QED) is 0.487. The van der Waals surface area contributed by atoms with Gasteiger partial charge in [0, 0.05) is 22.8 Å². The highest BCUT2D eigenvalue weighted by molar-refractivity contribution is 7.99. The lowest BCUT2D eigenvalue weighted by Gasteiger charge is -2.15. The van der Waals surface area contributed by atoms with Gasteiger partial charge >= 0.3 is 0 Å². The number of hydrogen-bond donors (Lipinski definition) is 2. The fraction of sp³-hybridized carbons (Fsp3) is 0.273. The van der Waals surface area contributed by atoms with Crippen LogP contribution in [0.4, 0.5) is 5.69 Å². The lowest BCUT2D eigenvalue weighted by Crippen LogP contribution is -2.28. The molecule has 0 radical (unpaired) electrons. The molecule has 31 heavy (non-hydrogen) atoms. The maximum atomic E-state index is 12.6. The van der Waals surface area contributed by atoms with Gasteiger partial charge in [-0.3, -0.25) is 9.59 Å². The average Bonchev–Trinajstić information content (AvgIpc) is 3.17. The van der Waals surface area contributed by atoms with Crippen molar-refractivity contribution in [3.8, 4) is 0 Å². The highest BCUT2D eigenvalue weighted by Crippen LogP contribution is 2.21. The van der Waals surface area contributed by atoms with Crippen LogP contribution in [0.15, 0.2) is 53.7 Å². The Morgan fingerprint density at radius 3 is 2.58 bits per heavy atom. The molecule has 0 aliphatic rings. The number of hydrogen-bond acceptors (Lipinski definition) is 5. The zero-order chi connectivity index (χ0) is 22.4. The Kier molecular flexibility index (Phi) is 7.70. The van der Waals surface area contributed by atoms with E-state index < -0.39 is 0 Å². The molecule has 2 N–H and O–H groups in total. The molecule has 1 heterocycles. The van der Waals surface area contributed by atoms with E-state index in [0.29, 0.717) is 33.8 Å². The van der Waals surface area contributed by atoms with Crippen LogP contribution < -0.4 is 10.6 Å². The molecule has 0 unspecified atom stereocenters. The molecule has 2 aromatic carbocycles. The Balaban J connectivity index is 1.62. The number of nitrogens with zero attached hydrogens (tertiary/aromatic N) is 3. The zero-order valence-corrected chi connectivity index (χ0v) is 19.1. The van der Waals surface area contributed by atoms with Crippen molar-refractivity contribution < 1.29 is 9.59 Å². The molecule has 0 spiro atoms. The van der Waals surface area contributed by atoms with Crippen LogP contribution in [-0.4, -0.2) is 32.3 Å². The van der Waals surface area contributed by atoms with E-state index >= 15 is 0 Å². The third-order valence-corrected chi connectivity index (χ3v) is 5.76. The van der Waals surface area contributed by atoms with Crippen LogP contribution in [0.5, 0.6) is 0 Å². The molecule has 7 nitrogen and oxygen atoms in total. The summed E-state index contributed by atoms with van der Waals surface area (Å²) in [7, 11) is 0. The molecule has 0 saturated carbocycles. The van der Waals surface area contributed by atoms with Gasteiger partial charge in [-0.15, -0.1) is 10.2 Å². The molecule has 9 heteroatoms. The highest BCUT2D eigenvalue weighted by Gasteiger charge is 2.20. The molecule has 0 bridgehead atoms. The molecule has 162 valence electrons. The Hall–Kier alpha value is -2.84. The highest BCUT2D eigenvalue weighted by atomic mass is 35.5. The summed E-state index contributed by atoms with van der Waals surface area (Å²) in [5.41, 5.74) is 2.30. The van der Waals surface area contributed by atoms with Crippen molar-refractivity contribution in [3.63, 3.8) is 0 Å². The number of rotatable bonds is 8. The molecule has 0 aliphatic carbocycles. The normalized spacial score (nSPS) is 11.7. The average molecular weight is 458 g/mol. The third kappa shape index (κ3) is 6.08. The van der Waals surface area contributed by atoms with Gasteiger partial charge in [-0.1, -0.05) is 41.1 Å². The number of thioether (sulfide) groups is 1. The SMILES string of the molecule is CCn1c(SCC(=O)Nc2ccc(Cl)cc2)nnc1[C@H](C)NC(=O)c1cccc(C)c1. The number of benzene rings is 2. The van der Waals surface area contributed by atoms with Crippen molar-refractivity contribution in [2.24, 2.45) is 0 Å². The summed E-state index contributed by atoms with van der Waals surface area (Å²) in [6, 6.07) is 14.0. The summed E-state index contributed by atoms with van der Waals surface area (Å²) in [5, 5.41) is 15.5. The van der Waals surface area contributed by atoms with Gasteiger partial charge in [0.05, 0.1) is 11.8 Å². The number of anilines is 1. The molecular formula is C22H24ClN5O2S. The third-order valence-electron chi connectivity index (χ3n) is 4.54. The number of nitrogens with one attached hydrogen (secondary N) is 2. The smallest absolute Gasteiger partial charge is 0.251 e. The minimum Gasteiger partial charge on any atom is -0.342 e. The van der Waals surface area contributed by atoms with E-state index in [1.807, 2.05) is 43.5 Å². The summed E-state index contributed by atoms with van der Waals surface area (Å²) in [4.78, 5) is 24.8. The van der Waals surface area contributed by atoms with Crippen molar-refractivity contribution in [2.45, 2.75) is 38.5 Å². The first-order chi connectivity index (χ1) is 14.9. The molecule has 0 aliphatic heterocycles. The predicted molar refractivity (Wildman–Crippen MR) is 124 cm³/mol. The summed E-state index contributed by atoms with van der Waals surface area (Å²) < 4.78 is 1.90. The standard InChI is InChI=1S/C22H24ClN5O2S/c1-4-28-20(15(3)24-21(30)16-7-5-6-14(2)12-16)26-27-22(28)31-13-19(29)25-18-10-8-17(23)9-11-18/h5-12,15H,4,13H2,1-3H3,(H,24,30)(H,25,29)/t15-/m0/s1. The van der Waals surface area contributed by atoms with Crippen LogP contribution in [-0.2, 0) is 11.3 Å². The van der Waals surface area contributed by atoms with E-state index in [1.54, 1.807) is 30.3 Å². The topological polar surface area (TPSA) is 88.9 Å². The van der Waals surface area contributed by atoms with Gasteiger partial charge in [-0.05, 0) is 57.2 Å². The van der Waals surface area contributed by atoms with Gasteiger partial charge in [0.1, 0.15) is 0 Å². The predicted octanol–water partition coefficient (Wildman–Crippen LogP) is 4.48. The van der Waals surface area contributed by atoms with Gasteiger partial charge < -0.3 is 15.2 Å². The minimum absolute atomic E-state index is 0.152. The van der Waals surface area contributed by atoms with Crippen LogP contribution in [0, 0.1) is 6.92 Å². The summed E-state index contributed by atoms with van der Waals surface area (Å²) in [6.07, 6.45) is 0. The molecule has 3 rings (SSSR count). The Labute approximate surface area is 190 Å². The van der Waals surface area contributed by atoms with Crippen LogP contribution in [0.3, 0.4) is 0 Å². The van der Waals surface area contributed by atoms with E-state index in [-0.39, 0.29) is 23.6 Å². The largest absolute Gasteiger partial charge is 0.342 e. The van der Waals surface area contributed by atoms with Crippen molar-refractivity contribution in [2.75, 3.05) is 11.1 Å². The van der Waals surface area contributed by atoms with E-state index in [1.165, 1.54) is 11.8 Å². The van der Waals surface area contributed by atoms with Crippen molar-refractivity contribution in [1.29, 1.82) is 0 Å². The lowest BCUT2D eigenvalue weighted by molar-refractivity contribution is -0.113.